The van der Waals surface area contributed by atoms with Crippen LogP contribution in [-0.4, -0.2) is 23.3 Å². The first-order chi connectivity index (χ1) is 13.6. The van der Waals surface area contributed by atoms with Crippen LogP contribution in [0.15, 0.2) is 29.1 Å². The molecule has 1 saturated heterocycles. The zero-order valence-corrected chi connectivity index (χ0v) is 15.9. The first kappa shape index (κ1) is 20.6. The minimum atomic E-state index is -4.67. The molecule has 0 unspecified atom stereocenters. The normalized spacial score (nSPS) is 14.4. The molecule has 154 valence electrons. The van der Waals surface area contributed by atoms with Crippen LogP contribution in [-0.2, 0) is 17.5 Å². The van der Waals surface area contributed by atoms with Crippen LogP contribution in [0.3, 0.4) is 0 Å². The number of anilines is 1. The van der Waals surface area contributed by atoms with Crippen molar-refractivity contribution in [2.75, 3.05) is 11.4 Å². The molecule has 9 heteroatoms. The van der Waals surface area contributed by atoms with E-state index in [0.717, 1.165) is 12.1 Å². The number of carbonyl (C=O) groups is 2. The highest BCUT2D eigenvalue weighted by atomic mass is 19.4. The first-order valence-corrected chi connectivity index (χ1v) is 9.06. The lowest BCUT2D eigenvalue weighted by Gasteiger charge is -2.19. The molecule has 3 rings (SSSR count). The zero-order valence-electron chi connectivity index (χ0n) is 15.9. The Morgan fingerprint density at radius 1 is 1.17 bits per heavy atom. The molecule has 1 aromatic heterocycles. The van der Waals surface area contributed by atoms with E-state index in [1.807, 2.05) is 0 Å². The summed E-state index contributed by atoms with van der Waals surface area (Å²) in [5.74, 6) is -1.04. The largest absolute Gasteiger partial charge is 0.416 e. The summed E-state index contributed by atoms with van der Waals surface area (Å²) < 4.78 is 39.9. The third-order valence-corrected chi connectivity index (χ3v) is 4.81. The minimum Gasteiger partial charge on any atom is -0.348 e. The van der Waals surface area contributed by atoms with Gasteiger partial charge < -0.3 is 15.2 Å². The highest BCUT2D eigenvalue weighted by Gasteiger charge is 2.33. The number of benzene rings is 1. The van der Waals surface area contributed by atoms with Crippen LogP contribution in [0, 0.1) is 13.8 Å². The summed E-state index contributed by atoms with van der Waals surface area (Å²) in [5, 5.41) is 2.49. The topological polar surface area (TPSA) is 82.3 Å². The Balaban J connectivity index is 1.90. The van der Waals surface area contributed by atoms with Crippen molar-refractivity contribution in [3.8, 4) is 0 Å². The standard InChI is InChI=1S/C20H20F3N3O3/c1-11-6-12(2)25-19(29)16(11)10-24-18(28)13-7-14(20(21,22)23)9-15(8-13)26-5-3-4-17(26)27/h6-9H,3-5,10H2,1-2H3,(H,24,28)(H,25,29). The second kappa shape index (κ2) is 7.73. The number of H-pyrrole nitrogens is 1. The second-order valence-electron chi connectivity index (χ2n) is 7.04. The lowest BCUT2D eigenvalue weighted by molar-refractivity contribution is -0.137. The Labute approximate surface area is 164 Å². The van der Waals surface area contributed by atoms with Crippen molar-refractivity contribution in [3.05, 3.63) is 62.6 Å². The Kier molecular flexibility index (Phi) is 5.50. The smallest absolute Gasteiger partial charge is 0.348 e. The van der Waals surface area contributed by atoms with Gasteiger partial charge in [-0.1, -0.05) is 0 Å². The second-order valence-corrected chi connectivity index (χ2v) is 7.04. The van der Waals surface area contributed by atoms with Crippen molar-refractivity contribution in [2.45, 2.75) is 39.4 Å². The van der Waals surface area contributed by atoms with Crippen LogP contribution < -0.4 is 15.8 Å². The molecule has 6 nitrogen and oxygen atoms in total. The van der Waals surface area contributed by atoms with Crippen LogP contribution >= 0.6 is 0 Å². The Morgan fingerprint density at radius 3 is 2.48 bits per heavy atom. The average Bonchev–Trinajstić information content (AvgIpc) is 3.05. The number of aryl methyl sites for hydroxylation is 2. The minimum absolute atomic E-state index is 0.0387. The van der Waals surface area contributed by atoms with E-state index in [-0.39, 0.29) is 35.7 Å². The van der Waals surface area contributed by atoms with Crippen molar-refractivity contribution < 1.29 is 22.8 Å². The summed E-state index contributed by atoms with van der Waals surface area (Å²) in [6.45, 7) is 3.61. The van der Waals surface area contributed by atoms with Crippen LogP contribution in [0.5, 0.6) is 0 Å². The molecule has 0 bridgehead atoms. The molecule has 1 aliphatic heterocycles. The van der Waals surface area contributed by atoms with E-state index < -0.39 is 17.6 Å². The zero-order chi connectivity index (χ0) is 21.3. The van der Waals surface area contributed by atoms with Gasteiger partial charge in [0.1, 0.15) is 0 Å². The lowest BCUT2D eigenvalue weighted by Crippen LogP contribution is -2.29. The molecule has 1 aliphatic rings. The number of aromatic nitrogens is 1. The van der Waals surface area contributed by atoms with E-state index in [4.69, 9.17) is 0 Å². The predicted molar refractivity (Wildman–Crippen MR) is 101 cm³/mol. The number of aromatic amines is 1. The summed E-state index contributed by atoms with van der Waals surface area (Å²) in [4.78, 5) is 40.4. The van der Waals surface area contributed by atoms with E-state index in [1.165, 1.54) is 11.0 Å². The molecule has 2 N–H and O–H groups in total. The number of halogens is 3. The van der Waals surface area contributed by atoms with Gasteiger partial charge in [-0.25, -0.2) is 0 Å². The van der Waals surface area contributed by atoms with Crippen molar-refractivity contribution in [3.63, 3.8) is 0 Å². The van der Waals surface area contributed by atoms with Gasteiger partial charge in [0.2, 0.25) is 5.91 Å². The Hall–Kier alpha value is -3.10. The summed E-state index contributed by atoms with van der Waals surface area (Å²) in [6.07, 6.45) is -3.86. The van der Waals surface area contributed by atoms with Gasteiger partial charge in [-0.3, -0.25) is 14.4 Å². The third-order valence-electron chi connectivity index (χ3n) is 4.81. The van der Waals surface area contributed by atoms with E-state index in [0.29, 0.717) is 29.8 Å². The summed E-state index contributed by atoms with van der Waals surface area (Å²) in [6, 6.07) is 4.62. The molecule has 2 amide bonds. The Bertz CT molecular complexity index is 1030. The molecule has 0 radical (unpaired) electrons. The monoisotopic (exact) mass is 407 g/mol. The van der Waals surface area contributed by atoms with Crippen molar-refractivity contribution in [1.82, 2.24) is 10.3 Å². The average molecular weight is 407 g/mol. The number of alkyl halides is 3. The van der Waals surface area contributed by atoms with Gasteiger partial charge in [-0.15, -0.1) is 0 Å². The molecule has 29 heavy (non-hydrogen) atoms. The fraction of sp³-hybridized carbons (Fsp3) is 0.350. The van der Waals surface area contributed by atoms with E-state index in [1.54, 1.807) is 19.9 Å². The summed E-state index contributed by atoms with van der Waals surface area (Å²) in [7, 11) is 0. The molecule has 2 heterocycles. The van der Waals surface area contributed by atoms with Gasteiger partial charge in [-0.05, 0) is 50.1 Å². The molecule has 2 aromatic rings. The van der Waals surface area contributed by atoms with Gasteiger partial charge >= 0.3 is 6.18 Å². The van der Waals surface area contributed by atoms with Gasteiger partial charge in [-0.2, -0.15) is 13.2 Å². The number of hydrogen-bond acceptors (Lipinski definition) is 3. The molecule has 0 spiro atoms. The highest BCUT2D eigenvalue weighted by Crippen LogP contribution is 2.34. The van der Waals surface area contributed by atoms with E-state index in [2.05, 4.69) is 10.3 Å². The molecule has 0 saturated carbocycles. The Morgan fingerprint density at radius 2 is 1.90 bits per heavy atom. The fourth-order valence-electron chi connectivity index (χ4n) is 3.35. The quantitative estimate of drug-likeness (QED) is 0.817. The van der Waals surface area contributed by atoms with Crippen molar-refractivity contribution in [1.29, 1.82) is 0 Å². The van der Waals surface area contributed by atoms with Gasteiger partial charge in [0, 0.05) is 42.0 Å². The summed E-state index contributed by atoms with van der Waals surface area (Å²) >= 11 is 0. The lowest BCUT2D eigenvalue weighted by atomic mass is 10.1. The highest BCUT2D eigenvalue weighted by molar-refractivity contribution is 5.99. The molecule has 1 fully saturated rings. The molecular formula is C20H20F3N3O3. The van der Waals surface area contributed by atoms with Crippen LogP contribution in [0.2, 0.25) is 0 Å². The molecule has 1 aromatic carbocycles. The van der Waals surface area contributed by atoms with E-state index in [9.17, 15) is 27.6 Å². The van der Waals surface area contributed by atoms with Crippen LogP contribution in [0.25, 0.3) is 0 Å². The van der Waals surface area contributed by atoms with E-state index >= 15 is 0 Å². The van der Waals surface area contributed by atoms with Gasteiger partial charge in [0.15, 0.2) is 0 Å². The number of carbonyl (C=O) groups excluding carboxylic acids is 2. The van der Waals surface area contributed by atoms with Crippen molar-refractivity contribution in [2.24, 2.45) is 0 Å². The van der Waals surface area contributed by atoms with Crippen molar-refractivity contribution >= 4 is 17.5 Å². The third kappa shape index (κ3) is 4.49. The fourth-order valence-corrected chi connectivity index (χ4v) is 3.35. The number of rotatable bonds is 4. The number of nitrogens with one attached hydrogen (secondary N) is 2. The SMILES string of the molecule is Cc1cc(C)c(CNC(=O)c2cc(N3CCCC3=O)cc(C(F)(F)F)c2)c(=O)[nH]1. The molecule has 0 aliphatic carbocycles. The van der Waals surface area contributed by atoms with Gasteiger partial charge in [0.25, 0.3) is 11.5 Å². The van der Waals surface area contributed by atoms with Crippen LogP contribution in [0.4, 0.5) is 18.9 Å². The first-order valence-electron chi connectivity index (χ1n) is 9.06. The van der Waals surface area contributed by atoms with Crippen LogP contribution in [0.1, 0.15) is 45.6 Å². The number of hydrogen-bond donors (Lipinski definition) is 2. The molecule has 0 atom stereocenters. The molecular weight excluding hydrogens is 387 g/mol. The number of amides is 2. The number of nitrogens with zero attached hydrogens (tertiary/aromatic N) is 1. The predicted octanol–water partition coefficient (Wildman–Crippen LogP) is 3.07. The maximum atomic E-state index is 13.3. The maximum Gasteiger partial charge on any atom is 0.416 e. The number of pyridine rings is 1. The van der Waals surface area contributed by atoms with Gasteiger partial charge in [0.05, 0.1) is 5.56 Å². The maximum absolute atomic E-state index is 13.3. The summed E-state index contributed by atoms with van der Waals surface area (Å²) in [5.41, 5.74) is 0.0946.